The zero-order valence-corrected chi connectivity index (χ0v) is 37.3. The number of ether oxygens (including phenoxy) is 2. The van der Waals surface area contributed by atoms with Crippen LogP contribution in [-0.2, 0) is 32.7 Å². The lowest BCUT2D eigenvalue weighted by Crippen LogP contribution is -2.37. The van der Waals surface area contributed by atoms with Crippen LogP contribution in [0, 0.1) is 0 Å². The fourth-order valence-electron chi connectivity index (χ4n) is 6.12. The van der Waals surface area contributed by atoms with Crippen molar-refractivity contribution in [1.82, 2.24) is 0 Å². The predicted octanol–water partition coefficient (Wildman–Crippen LogP) is 12.7. The third kappa shape index (κ3) is 41.9. The first-order valence-electron chi connectivity index (χ1n) is 22.6. The van der Waals surface area contributed by atoms with Crippen LogP contribution in [0.2, 0.25) is 0 Å². The van der Waals surface area contributed by atoms with Crippen molar-refractivity contribution in [2.75, 3.05) is 47.5 Å². The van der Waals surface area contributed by atoms with Crippen molar-refractivity contribution in [3.05, 3.63) is 24.3 Å². The molecule has 10 heteroatoms. The lowest BCUT2D eigenvalue weighted by molar-refractivity contribution is -0.870. The standard InChI is InChI=1S/C45H86NO8P/c1-6-8-10-12-14-16-18-20-22-24-26-28-30-32-34-36-38-45(48)54-43(42-53-55(49,50)52-40-39-46(3,4)5)41-51-44(47)37-35-33-31-29-27-25-23-21-19-17-15-13-11-9-7-2/h21-24,43H,6-20,25-42H2,1-5H3/p+1/b23-21-,24-22-. The number of nitrogens with zero attached hydrogens (tertiary/aromatic N) is 1. The first-order valence-corrected chi connectivity index (χ1v) is 24.1. The van der Waals surface area contributed by atoms with Crippen molar-refractivity contribution >= 4 is 19.8 Å². The molecule has 0 radical (unpaired) electrons. The second kappa shape index (κ2) is 38.0. The fourth-order valence-corrected chi connectivity index (χ4v) is 6.86. The minimum absolute atomic E-state index is 0.0300. The molecular weight excluding hydrogens is 713 g/mol. The Morgan fingerprint density at radius 2 is 0.927 bits per heavy atom. The van der Waals surface area contributed by atoms with Crippen LogP contribution in [0.15, 0.2) is 24.3 Å². The van der Waals surface area contributed by atoms with E-state index in [1.54, 1.807) is 0 Å². The summed E-state index contributed by atoms with van der Waals surface area (Å²) in [5, 5.41) is 0. The Balaban J connectivity index is 4.36. The van der Waals surface area contributed by atoms with Gasteiger partial charge in [0.2, 0.25) is 0 Å². The minimum atomic E-state index is -4.38. The largest absolute Gasteiger partial charge is 0.472 e. The summed E-state index contributed by atoms with van der Waals surface area (Å²) >= 11 is 0. The molecule has 324 valence electrons. The summed E-state index contributed by atoms with van der Waals surface area (Å²) in [6.07, 6.45) is 40.7. The molecule has 0 aliphatic heterocycles. The van der Waals surface area contributed by atoms with Crippen LogP contribution in [0.5, 0.6) is 0 Å². The van der Waals surface area contributed by atoms with Gasteiger partial charge in [-0.1, -0.05) is 147 Å². The molecule has 1 N–H and O–H groups in total. The van der Waals surface area contributed by atoms with Gasteiger partial charge in [-0.2, -0.15) is 0 Å². The molecule has 0 rings (SSSR count). The first-order chi connectivity index (χ1) is 26.5. The number of esters is 2. The summed E-state index contributed by atoms with van der Waals surface area (Å²) < 4.78 is 34.3. The highest BCUT2D eigenvalue weighted by Gasteiger charge is 2.27. The van der Waals surface area contributed by atoms with Crippen LogP contribution in [0.25, 0.3) is 0 Å². The van der Waals surface area contributed by atoms with Gasteiger partial charge in [0.15, 0.2) is 6.10 Å². The Hall–Kier alpha value is -1.51. The molecule has 0 aliphatic carbocycles. The number of hydrogen-bond acceptors (Lipinski definition) is 7. The molecule has 0 amide bonds. The van der Waals surface area contributed by atoms with Crippen molar-refractivity contribution in [2.45, 2.75) is 206 Å². The van der Waals surface area contributed by atoms with Gasteiger partial charge in [-0.05, 0) is 64.2 Å². The van der Waals surface area contributed by atoms with Crippen LogP contribution >= 0.6 is 7.82 Å². The van der Waals surface area contributed by atoms with E-state index in [1.165, 1.54) is 96.3 Å². The van der Waals surface area contributed by atoms with Crippen LogP contribution in [-0.4, -0.2) is 74.9 Å². The van der Waals surface area contributed by atoms with E-state index in [0.29, 0.717) is 17.4 Å². The topological polar surface area (TPSA) is 108 Å². The third-order valence-corrected chi connectivity index (χ3v) is 10.7. The summed E-state index contributed by atoms with van der Waals surface area (Å²) in [5.74, 6) is -0.813. The Kier molecular flexibility index (Phi) is 37.0. The van der Waals surface area contributed by atoms with Gasteiger partial charge in [-0.15, -0.1) is 0 Å². The monoisotopic (exact) mass is 801 g/mol. The zero-order chi connectivity index (χ0) is 40.7. The Morgan fingerprint density at radius 3 is 1.35 bits per heavy atom. The maximum Gasteiger partial charge on any atom is 0.472 e. The Bertz CT molecular complexity index is 996. The van der Waals surface area contributed by atoms with E-state index in [4.69, 9.17) is 18.5 Å². The van der Waals surface area contributed by atoms with Crippen LogP contribution in [0.3, 0.4) is 0 Å². The van der Waals surface area contributed by atoms with Gasteiger partial charge in [-0.3, -0.25) is 18.6 Å². The minimum Gasteiger partial charge on any atom is -0.462 e. The van der Waals surface area contributed by atoms with E-state index < -0.39 is 26.5 Å². The maximum atomic E-state index is 12.7. The highest BCUT2D eigenvalue weighted by molar-refractivity contribution is 7.47. The molecule has 0 saturated heterocycles. The second-order valence-corrected chi connectivity index (χ2v) is 17.9. The summed E-state index contributed by atoms with van der Waals surface area (Å²) in [7, 11) is 1.47. The molecule has 9 nitrogen and oxygen atoms in total. The molecule has 0 spiro atoms. The number of rotatable bonds is 41. The molecule has 2 unspecified atom stereocenters. The predicted molar refractivity (Wildman–Crippen MR) is 229 cm³/mol. The number of likely N-dealkylation sites (N-methyl/N-ethyl adjacent to an activating group) is 1. The number of quaternary nitrogens is 1. The van der Waals surface area contributed by atoms with Crippen molar-refractivity contribution in [2.24, 2.45) is 0 Å². The molecule has 0 heterocycles. The van der Waals surface area contributed by atoms with Gasteiger partial charge in [0.1, 0.15) is 19.8 Å². The highest BCUT2D eigenvalue weighted by atomic mass is 31.2. The molecule has 55 heavy (non-hydrogen) atoms. The molecule has 0 aromatic carbocycles. The van der Waals surface area contributed by atoms with Crippen LogP contribution < -0.4 is 0 Å². The van der Waals surface area contributed by atoms with E-state index in [9.17, 15) is 19.0 Å². The highest BCUT2D eigenvalue weighted by Crippen LogP contribution is 2.43. The number of allylic oxidation sites excluding steroid dienone is 4. The number of phosphoric ester groups is 1. The van der Waals surface area contributed by atoms with Crippen molar-refractivity contribution in [3.8, 4) is 0 Å². The van der Waals surface area contributed by atoms with Crippen molar-refractivity contribution in [1.29, 1.82) is 0 Å². The zero-order valence-electron chi connectivity index (χ0n) is 36.4. The van der Waals surface area contributed by atoms with Gasteiger partial charge in [0.25, 0.3) is 0 Å². The first kappa shape index (κ1) is 53.5. The van der Waals surface area contributed by atoms with E-state index >= 15 is 0 Å². The summed E-state index contributed by atoms with van der Waals surface area (Å²) in [6, 6.07) is 0. The van der Waals surface area contributed by atoms with Crippen LogP contribution in [0.1, 0.15) is 200 Å². The second-order valence-electron chi connectivity index (χ2n) is 16.4. The number of hydrogen-bond donors (Lipinski definition) is 1. The molecule has 0 aromatic heterocycles. The van der Waals surface area contributed by atoms with Crippen molar-refractivity contribution in [3.63, 3.8) is 0 Å². The molecule has 0 aromatic rings. The van der Waals surface area contributed by atoms with Gasteiger partial charge < -0.3 is 18.9 Å². The lowest BCUT2D eigenvalue weighted by Gasteiger charge is -2.24. The fraction of sp³-hybridized carbons (Fsp3) is 0.867. The van der Waals surface area contributed by atoms with E-state index in [1.807, 2.05) is 21.1 Å². The number of carbonyl (C=O) groups excluding carboxylic acids is 2. The molecule has 0 bridgehead atoms. The quantitative estimate of drug-likeness (QED) is 0.0214. The average molecular weight is 801 g/mol. The van der Waals surface area contributed by atoms with Crippen molar-refractivity contribution < 1.29 is 42.1 Å². The molecule has 0 saturated carbocycles. The summed E-state index contributed by atoms with van der Waals surface area (Å²) in [6.45, 7) is 4.41. The third-order valence-electron chi connectivity index (χ3n) is 9.70. The SMILES string of the molecule is CCCCCCCC/C=C\CCCCCCCC(=O)OCC(COP(=O)(O)OCC[N+](C)(C)C)OC(=O)CCCCCCC/C=C\CCCCCCCCC. The van der Waals surface area contributed by atoms with Gasteiger partial charge >= 0.3 is 19.8 Å². The number of carbonyl (C=O) groups is 2. The molecule has 0 aliphatic rings. The molecule has 0 fully saturated rings. The lowest BCUT2D eigenvalue weighted by atomic mass is 10.1. The van der Waals surface area contributed by atoms with E-state index in [0.717, 1.165) is 70.6 Å². The molecular formula is C45H87NO8P+. The number of unbranched alkanes of at least 4 members (excludes halogenated alkanes) is 23. The summed E-state index contributed by atoms with van der Waals surface area (Å²) in [5.41, 5.74) is 0. The van der Waals surface area contributed by atoms with Gasteiger partial charge in [-0.25, -0.2) is 4.57 Å². The average Bonchev–Trinajstić information content (AvgIpc) is 3.13. The summed E-state index contributed by atoms with van der Waals surface area (Å²) in [4.78, 5) is 35.4. The Labute approximate surface area is 339 Å². The smallest absolute Gasteiger partial charge is 0.462 e. The number of phosphoric acid groups is 1. The normalized spacial score (nSPS) is 13.8. The maximum absolute atomic E-state index is 12.7. The van der Waals surface area contributed by atoms with E-state index in [-0.39, 0.29) is 32.0 Å². The van der Waals surface area contributed by atoms with Crippen LogP contribution in [0.4, 0.5) is 0 Å². The Morgan fingerprint density at radius 1 is 0.545 bits per heavy atom. The van der Waals surface area contributed by atoms with E-state index in [2.05, 4.69) is 38.2 Å². The van der Waals surface area contributed by atoms with Gasteiger partial charge in [0, 0.05) is 12.8 Å². The molecule has 2 atom stereocenters. The van der Waals surface area contributed by atoms with Gasteiger partial charge in [0.05, 0.1) is 27.7 Å².